The molecule has 0 spiro atoms. The molecule has 0 aliphatic carbocycles. The number of methoxy groups -OCH3 is 1. The van der Waals surface area contributed by atoms with Crippen LogP contribution >= 0.6 is 0 Å². The van der Waals surface area contributed by atoms with Gasteiger partial charge in [-0.1, -0.05) is 18.5 Å². The minimum atomic E-state index is -3.52. The fraction of sp³-hybridized carbons (Fsp3) is 0.769. The molecule has 1 aliphatic heterocycles. The first-order chi connectivity index (χ1) is 10.1. The van der Waals surface area contributed by atoms with Gasteiger partial charge in [-0.15, -0.1) is 0 Å². The molecule has 1 aliphatic rings. The molecule has 0 bridgehead atoms. The fourth-order valence-electron chi connectivity index (χ4n) is 2.54. The first-order valence-electron chi connectivity index (χ1n) is 7.26. The van der Waals surface area contributed by atoms with Gasteiger partial charge in [-0.2, -0.15) is 17.4 Å². The minimum absolute atomic E-state index is 0.0853. The first-order valence-corrected chi connectivity index (χ1v) is 8.70. The third-order valence-corrected chi connectivity index (χ3v) is 5.14. The summed E-state index contributed by atoms with van der Waals surface area (Å²) in [6, 6.07) is 1.71. The minimum Gasteiger partial charge on any atom is -0.383 e. The van der Waals surface area contributed by atoms with Crippen molar-refractivity contribution in [1.82, 2.24) is 14.2 Å². The Morgan fingerprint density at radius 3 is 3.10 bits per heavy atom. The molecule has 0 saturated carbocycles. The number of hydrogen-bond acceptors (Lipinski definition) is 5. The maximum absolute atomic E-state index is 12.3. The molecule has 8 heteroatoms. The summed E-state index contributed by atoms with van der Waals surface area (Å²) < 4.78 is 38.9. The van der Waals surface area contributed by atoms with Crippen LogP contribution < -0.4 is 4.72 Å². The largest absolute Gasteiger partial charge is 0.383 e. The van der Waals surface area contributed by atoms with Crippen LogP contribution in [0.25, 0.3) is 0 Å². The van der Waals surface area contributed by atoms with Crippen molar-refractivity contribution in [3.05, 3.63) is 17.5 Å². The van der Waals surface area contributed by atoms with Crippen LogP contribution in [0, 0.1) is 0 Å². The molecular formula is C13H23N3O4S. The Morgan fingerprint density at radius 1 is 1.57 bits per heavy atom. The first kappa shape index (κ1) is 16.4. The summed E-state index contributed by atoms with van der Waals surface area (Å²) in [4.78, 5) is 0. The zero-order valence-electron chi connectivity index (χ0n) is 12.5. The molecule has 1 fully saturated rings. The van der Waals surface area contributed by atoms with E-state index in [4.69, 9.17) is 9.26 Å². The molecular weight excluding hydrogens is 294 g/mol. The molecule has 0 radical (unpaired) electrons. The van der Waals surface area contributed by atoms with E-state index in [1.165, 1.54) is 4.31 Å². The van der Waals surface area contributed by atoms with Gasteiger partial charge in [0.25, 0.3) is 10.2 Å². The molecule has 1 N–H and O–H groups in total. The summed E-state index contributed by atoms with van der Waals surface area (Å²) in [6.45, 7) is 3.13. The van der Waals surface area contributed by atoms with Crippen LogP contribution in [0.2, 0.25) is 0 Å². The lowest BCUT2D eigenvalue weighted by Crippen LogP contribution is -2.44. The summed E-state index contributed by atoms with van der Waals surface area (Å²) in [5.41, 5.74) is 0.852. The lowest BCUT2D eigenvalue weighted by Gasteiger charge is -2.23. The van der Waals surface area contributed by atoms with E-state index >= 15 is 0 Å². The molecule has 1 aromatic rings. The van der Waals surface area contributed by atoms with Crippen LogP contribution in [0.5, 0.6) is 0 Å². The highest BCUT2D eigenvalue weighted by Crippen LogP contribution is 2.20. The van der Waals surface area contributed by atoms with Crippen LogP contribution in [0.15, 0.2) is 10.6 Å². The number of rotatable bonds is 8. The Balaban J connectivity index is 1.93. The molecule has 1 aromatic heterocycles. The van der Waals surface area contributed by atoms with Gasteiger partial charge in [-0.3, -0.25) is 0 Å². The number of aryl methyl sites for hydroxylation is 1. The highest BCUT2D eigenvalue weighted by molar-refractivity contribution is 7.87. The lowest BCUT2D eigenvalue weighted by molar-refractivity contribution is 0.148. The topological polar surface area (TPSA) is 84.7 Å². The van der Waals surface area contributed by atoms with E-state index < -0.39 is 10.2 Å². The van der Waals surface area contributed by atoms with E-state index in [-0.39, 0.29) is 12.6 Å². The number of nitrogens with zero attached hydrogens (tertiary/aromatic N) is 2. The molecule has 0 aromatic carbocycles. The maximum atomic E-state index is 12.3. The zero-order chi connectivity index (χ0) is 15.3. The van der Waals surface area contributed by atoms with Crippen LogP contribution in [-0.4, -0.2) is 44.2 Å². The second-order valence-corrected chi connectivity index (χ2v) is 6.93. The summed E-state index contributed by atoms with van der Waals surface area (Å²) in [6.07, 6.45) is 3.50. The number of ether oxygens (including phenoxy) is 1. The standard InChI is InChI=1S/C13H23N3O4S/c1-3-5-11-8-13(20-15-11)9-14-21(17,18)16-7-4-6-12(16)10-19-2/h8,12,14H,3-7,9-10H2,1-2H3/t12-/m0/s1. The van der Waals surface area contributed by atoms with Crippen LogP contribution in [0.3, 0.4) is 0 Å². The Morgan fingerprint density at radius 2 is 2.38 bits per heavy atom. The number of hydrogen-bond donors (Lipinski definition) is 1. The lowest BCUT2D eigenvalue weighted by atomic mass is 10.2. The van der Waals surface area contributed by atoms with Gasteiger partial charge in [-0.05, 0) is 19.3 Å². The van der Waals surface area contributed by atoms with E-state index in [9.17, 15) is 8.42 Å². The number of aromatic nitrogens is 1. The second-order valence-electron chi connectivity index (χ2n) is 5.22. The van der Waals surface area contributed by atoms with Crippen molar-refractivity contribution in [2.75, 3.05) is 20.3 Å². The van der Waals surface area contributed by atoms with E-state index in [1.807, 2.05) is 0 Å². The third-order valence-electron chi connectivity index (χ3n) is 3.53. The van der Waals surface area contributed by atoms with E-state index in [0.29, 0.717) is 18.9 Å². The summed E-state index contributed by atoms with van der Waals surface area (Å²) in [5.74, 6) is 0.532. The highest BCUT2D eigenvalue weighted by Gasteiger charge is 2.34. The normalized spacial score (nSPS) is 20.2. The molecule has 7 nitrogen and oxygen atoms in total. The van der Waals surface area contributed by atoms with Gasteiger partial charge in [0.05, 0.1) is 18.8 Å². The molecule has 2 rings (SSSR count). The molecule has 1 saturated heterocycles. The Kier molecular flexibility index (Phi) is 5.74. The molecule has 1 atom stereocenters. The third kappa shape index (κ3) is 4.26. The van der Waals surface area contributed by atoms with E-state index in [1.54, 1.807) is 13.2 Å². The van der Waals surface area contributed by atoms with Crippen molar-refractivity contribution in [3.63, 3.8) is 0 Å². The van der Waals surface area contributed by atoms with Crippen LogP contribution in [0.1, 0.15) is 37.6 Å². The van der Waals surface area contributed by atoms with Gasteiger partial charge < -0.3 is 9.26 Å². The maximum Gasteiger partial charge on any atom is 0.280 e. The molecule has 120 valence electrons. The van der Waals surface area contributed by atoms with Crippen LogP contribution in [-0.2, 0) is 27.9 Å². The second kappa shape index (κ2) is 7.35. The fourth-order valence-corrected chi connectivity index (χ4v) is 3.96. The molecule has 21 heavy (non-hydrogen) atoms. The number of nitrogens with one attached hydrogen (secondary N) is 1. The van der Waals surface area contributed by atoms with E-state index in [0.717, 1.165) is 31.4 Å². The highest BCUT2D eigenvalue weighted by atomic mass is 32.2. The van der Waals surface area contributed by atoms with Gasteiger partial charge in [0.15, 0.2) is 5.76 Å². The monoisotopic (exact) mass is 317 g/mol. The smallest absolute Gasteiger partial charge is 0.280 e. The molecule has 2 heterocycles. The molecule has 0 amide bonds. The summed E-state index contributed by atoms with van der Waals surface area (Å²) in [5, 5.41) is 3.91. The summed E-state index contributed by atoms with van der Waals surface area (Å²) in [7, 11) is -1.93. The van der Waals surface area contributed by atoms with Gasteiger partial charge >= 0.3 is 0 Å². The van der Waals surface area contributed by atoms with Crippen molar-refractivity contribution in [2.45, 2.75) is 45.2 Å². The Bertz CT molecular complexity index is 543. The van der Waals surface area contributed by atoms with Gasteiger partial charge in [0.1, 0.15) is 0 Å². The average molecular weight is 317 g/mol. The van der Waals surface area contributed by atoms with Gasteiger partial charge in [0, 0.05) is 25.8 Å². The van der Waals surface area contributed by atoms with Crippen molar-refractivity contribution < 1.29 is 17.7 Å². The predicted molar refractivity (Wildman–Crippen MR) is 77.9 cm³/mol. The van der Waals surface area contributed by atoms with Crippen molar-refractivity contribution in [2.24, 2.45) is 0 Å². The van der Waals surface area contributed by atoms with Gasteiger partial charge in [0.2, 0.25) is 0 Å². The quantitative estimate of drug-likeness (QED) is 0.775. The van der Waals surface area contributed by atoms with E-state index in [2.05, 4.69) is 16.8 Å². The zero-order valence-corrected chi connectivity index (χ0v) is 13.4. The Labute approximate surface area is 125 Å². The van der Waals surface area contributed by atoms with Crippen molar-refractivity contribution >= 4 is 10.2 Å². The predicted octanol–water partition coefficient (Wildman–Crippen LogP) is 1.07. The SMILES string of the molecule is CCCc1cc(CNS(=O)(=O)N2CCC[C@H]2COC)on1. The van der Waals surface area contributed by atoms with Crippen molar-refractivity contribution in [1.29, 1.82) is 0 Å². The van der Waals surface area contributed by atoms with Crippen LogP contribution in [0.4, 0.5) is 0 Å². The summed E-state index contributed by atoms with van der Waals surface area (Å²) >= 11 is 0. The van der Waals surface area contributed by atoms with Gasteiger partial charge in [-0.25, -0.2) is 0 Å². The average Bonchev–Trinajstić information content (AvgIpc) is 3.07. The Hall–Kier alpha value is -0.960. The molecule has 0 unspecified atom stereocenters. The van der Waals surface area contributed by atoms with Crippen molar-refractivity contribution in [3.8, 4) is 0 Å².